The maximum absolute atomic E-state index is 12.3. The molecule has 0 atom stereocenters. The van der Waals surface area contributed by atoms with Gasteiger partial charge in [0.1, 0.15) is 0 Å². The van der Waals surface area contributed by atoms with Gasteiger partial charge >= 0.3 is 0 Å². The van der Waals surface area contributed by atoms with E-state index in [2.05, 4.69) is 20.8 Å². The van der Waals surface area contributed by atoms with E-state index < -0.39 is 0 Å². The highest BCUT2D eigenvalue weighted by Gasteiger charge is 2.28. The van der Waals surface area contributed by atoms with Gasteiger partial charge in [-0.15, -0.1) is 5.10 Å². The minimum absolute atomic E-state index is 0.0391. The first kappa shape index (κ1) is 15.5. The van der Waals surface area contributed by atoms with E-state index >= 15 is 0 Å². The number of tetrazole rings is 1. The Morgan fingerprint density at radius 1 is 1.20 bits per heavy atom. The van der Waals surface area contributed by atoms with Crippen molar-refractivity contribution < 1.29 is 4.79 Å². The van der Waals surface area contributed by atoms with Gasteiger partial charge in [0.05, 0.1) is 12.5 Å². The zero-order valence-electron chi connectivity index (χ0n) is 14.0. The van der Waals surface area contributed by atoms with Crippen molar-refractivity contribution in [3.05, 3.63) is 59.7 Å². The van der Waals surface area contributed by atoms with Crippen LogP contribution in [0.4, 0.5) is 5.69 Å². The fourth-order valence-corrected chi connectivity index (χ4v) is 2.78. The Morgan fingerprint density at radius 2 is 2.00 bits per heavy atom. The quantitative estimate of drug-likeness (QED) is 0.778. The molecule has 1 N–H and O–H groups in total. The fraction of sp³-hybridized carbons (Fsp3) is 0.263. The summed E-state index contributed by atoms with van der Waals surface area (Å²) in [5.41, 5.74) is 3.84. The van der Waals surface area contributed by atoms with Crippen LogP contribution in [0.5, 0.6) is 0 Å². The lowest BCUT2D eigenvalue weighted by Crippen LogP contribution is -2.14. The second kappa shape index (κ2) is 6.47. The van der Waals surface area contributed by atoms with Crippen LogP contribution < -0.4 is 5.32 Å². The van der Waals surface area contributed by atoms with Gasteiger partial charge in [0.25, 0.3) is 0 Å². The molecule has 0 radical (unpaired) electrons. The summed E-state index contributed by atoms with van der Waals surface area (Å²) in [6.45, 7) is 2.03. The number of amides is 1. The highest BCUT2D eigenvalue weighted by Crippen LogP contribution is 2.36. The molecular weight excluding hydrogens is 314 g/mol. The standard InChI is InChI=1S/C19H19N5O/c1-13-5-7-14(8-6-13)11-18(25)20-16-4-2-3-15(12-16)19-21-22-23-24(19)17-9-10-17/h2-8,12,17H,9-11H2,1H3,(H,20,25). The van der Waals surface area contributed by atoms with Crippen LogP contribution >= 0.6 is 0 Å². The monoisotopic (exact) mass is 333 g/mol. The van der Waals surface area contributed by atoms with Crippen LogP contribution in [0.25, 0.3) is 11.4 Å². The summed E-state index contributed by atoms with van der Waals surface area (Å²) < 4.78 is 1.87. The van der Waals surface area contributed by atoms with Crippen molar-refractivity contribution in [1.82, 2.24) is 20.2 Å². The van der Waals surface area contributed by atoms with Gasteiger partial charge in [-0.2, -0.15) is 0 Å². The number of aromatic nitrogens is 4. The molecule has 6 nitrogen and oxygen atoms in total. The van der Waals surface area contributed by atoms with Crippen molar-refractivity contribution >= 4 is 11.6 Å². The zero-order valence-corrected chi connectivity index (χ0v) is 14.0. The van der Waals surface area contributed by atoms with Crippen LogP contribution in [0.2, 0.25) is 0 Å². The lowest BCUT2D eigenvalue weighted by molar-refractivity contribution is -0.115. The second-order valence-electron chi connectivity index (χ2n) is 6.47. The molecule has 0 bridgehead atoms. The van der Waals surface area contributed by atoms with E-state index in [9.17, 15) is 4.79 Å². The van der Waals surface area contributed by atoms with E-state index in [1.165, 1.54) is 5.56 Å². The average Bonchev–Trinajstić information content (AvgIpc) is 3.34. The number of hydrogen-bond acceptors (Lipinski definition) is 4. The molecule has 0 unspecified atom stereocenters. The molecule has 1 fully saturated rings. The van der Waals surface area contributed by atoms with Crippen LogP contribution in [-0.2, 0) is 11.2 Å². The van der Waals surface area contributed by atoms with Crippen molar-refractivity contribution in [1.29, 1.82) is 0 Å². The van der Waals surface area contributed by atoms with Gasteiger partial charge in [-0.25, -0.2) is 4.68 Å². The van der Waals surface area contributed by atoms with Crippen LogP contribution in [0.15, 0.2) is 48.5 Å². The average molecular weight is 333 g/mol. The molecular formula is C19H19N5O. The molecule has 0 saturated heterocycles. The van der Waals surface area contributed by atoms with E-state index in [-0.39, 0.29) is 5.91 Å². The Kier molecular flexibility index (Phi) is 4.01. The minimum atomic E-state index is -0.0391. The molecule has 6 heteroatoms. The second-order valence-corrected chi connectivity index (χ2v) is 6.47. The third kappa shape index (κ3) is 3.57. The summed E-state index contributed by atoms with van der Waals surface area (Å²) in [7, 11) is 0. The van der Waals surface area contributed by atoms with E-state index in [1.807, 2.05) is 60.1 Å². The Balaban J connectivity index is 1.48. The fourth-order valence-electron chi connectivity index (χ4n) is 2.78. The van der Waals surface area contributed by atoms with E-state index in [0.717, 1.165) is 35.5 Å². The number of hydrogen-bond donors (Lipinski definition) is 1. The van der Waals surface area contributed by atoms with Crippen molar-refractivity contribution in [2.45, 2.75) is 32.2 Å². The third-order valence-corrected chi connectivity index (χ3v) is 4.28. The maximum atomic E-state index is 12.3. The Hall–Kier alpha value is -3.02. The number of carbonyl (C=O) groups excluding carboxylic acids is 1. The summed E-state index contributed by atoms with van der Waals surface area (Å²) in [5, 5.41) is 15.0. The molecule has 1 aromatic heterocycles. The van der Waals surface area contributed by atoms with Gasteiger partial charge in [-0.05, 0) is 47.9 Å². The van der Waals surface area contributed by atoms with Gasteiger partial charge in [0.2, 0.25) is 5.91 Å². The van der Waals surface area contributed by atoms with Gasteiger partial charge in [0.15, 0.2) is 5.82 Å². The van der Waals surface area contributed by atoms with Crippen molar-refractivity contribution in [2.24, 2.45) is 0 Å². The van der Waals surface area contributed by atoms with Gasteiger partial charge < -0.3 is 5.32 Å². The maximum Gasteiger partial charge on any atom is 0.228 e. The third-order valence-electron chi connectivity index (χ3n) is 4.28. The molecule has 4 rings (SSSR count). The summed E-state index contributed by atoms with van der Waals surface area (Å²) in [6, 6.07) is 16.1. The van der Waals surface area contributed by atoms with Crippen LogP contribution in [0, 0.1) is 6.92 Å². The molecule has 1 saturated carbocycles. The Bertz CT molecular complexity index is 896. The summed E-state index contributed by atoms with van der Waals surface area (Å²) in [4.78, 5) is 12.3. The number of benzene rings is 2. The van der Waals surface area contributed by atoms with Crippen LogP contribution in [0.1, 0.15) is 30.0 Å². The predicted molar refractivity (Wildman–Crippen MR) is 95.0 cm³/mol. The number of rotatable bonds is 5. The lowest BCUT2D eigenvalue weighted by atomic mass is 10.1. The summed E-state index contributed by atoms with van der Waals surface area (Å²) >= 11 is 0. The Labute approximate surface area is 145 Å². The molecule has 0 spiro atoms. The summed E-state index contributed by atoms with van der Waals surface area (Å²) in [5.74, 6) is 0.708. The molecule has 25 heavy (non-hydrogen) atoms. The van der Waals surface area contributed by atoms with Gasteiger partial charge in [0, 0.05) is 11.3 Å². The van der Waals surface area contributed by atoms with E-state index in [0.29, 0.717) is 12.5 Å². The first-order valence-corrected chi connectivity index (χ1v) is 8.43. The molecule has 1 amide bonds. The first-order valence-electron chi connectivity index (χ1n) is 8.43. The summed E-state index contributed by atoms with van der Waals surface area (Å²) in [6.07, 6.45) is 2.58. The van der Waals surface area contributed by atoms with Crippen LogP contribution in [0.3, 0.4) is 0 Å². The number of anilines is 1. The Morgan fingerprint density at radius 3 is 2.76 bits per heavy atom. The van der Waals surface area contributed by atoms with Crippen molar-refractivity contribution in [2.75, 3.05) is 5.32 Å². The molecule has 0 aliphatic heterocycles. The highest BCUT2D eigenvalue weighted by molar-refractivity contribution is 5.92. The topological polar surface area (TPSA) is 72.7 Å². The first-order chi connectivity index (χ1) is 12.2. The zero-order chi connectivity index (χ0) is 17.2. The van der Waals surface area contributed by atoms with Gasteiger partial charge in [-0.3, -0.25) is 4.79 Å². The number of nitrogens with one attached hydrogen (secondary N) is 1. The highest BCUT2D eigenvalue weighted by atomic mass is 16.1. The largest absolute Gasteiger partial charge is 0.326 e. The van der Waals surface area contributed by atoms with Gasteiger partial charge in [-0.1, -0.05) is 42.0 Å². The SMILES string of the molecule is Cc1ccc(CC(=O)Nc2cccc(-c3nnnn3C3CC3)c2)cc1. The molecule has 2 aromatic carbocycles. The van der Waals surface area contributed by atoms with E-state index in [4.69, 9.17) is 0 Å². The molecule has 1 heterocycles. The molecule has 3 aromatic rings. The number of nitrogens with zero attached hydrogens (tertiary/aromatic N) is 4. The molecule has 126 valence electrons. The smallest absolute Gasteiger partial charge is 0.228 e. The molecule has 1 aliphatic carbocycles. The van der Waals surface area contributed by atoms with Crippen molar-refractivity contribution in [3.8, 4) is 11.4 Å². The predicted octanol–water partition coefficient (Wildman–Crippen LogP) is 3.16. The number of aryl methyl sites for hydroxylation is 1. The minimum Gasteiger partial charge on any atom is -0.326 e. The number of carbonyl (C=O) groups is 1. The normalized spacial score (nSPS) is 13.6. The lowest BCUT2D eigenvalue weighted by Gasteiger charge is -2.08. The van der Waals surface area contributed by atoms with Crippen molar-refractivity contribution in [3.63, 3.8) is 0 Å². The van der Waals surface area contributed by atoms with E-state index in [1.54, 1.807) is 0 Å². The van der Waals surface area contributed by atoms with Crippen LogP contribution in [-0.4, -0.2) is 26.1 Å². The molecule has 1 aliphatic rings.